The Morgan fingerprint density at radius 3 is 2.27 bits per heavy atom. The zero-order valence-corrected chi connectivity index (χ0v) is 20.9. The maximum Gasteiger partial charge on any atom is 0.223 e. The second-order valence-electron chi connectivity index (χ2n) is 10.5. The van der Waals surface area contributed by atoms with E-state index < -0.39 is 0 Å². The molecule has 2 aromatic rings. The number of nitrogens with zero attached hydrogens (tertiary/aromatic N) is 3. The van der Waals surface area contributed by atoms with Crippen LogP contribution in [0, 0.1) is 0 Å². The zero-order chi connectivity index (χ0) is 22.9. The van der Waals surface area contributed by atoms with Crippen LogP contribution in [0.1, 0.15) is 121 Å². The van der Waals surface area contributed by atoms with E-state index >= 15 is 0 Å². The van der Waals surface area contributed by atoms with Crippen LogP contribution in [0.25, 0.3) is 11.0 Å². The van der Waals surface area contributed by atoms with Crippen molar-refractivity contribution < 1.29 is 4.79 Å². The number of imidazole rings is 1. The molecule has 4 heteroatoms. The van der Waals surface area contributed by atoms with Crippen molar-refractivity contribution in [3.05, 3.63) is 30.1 Å². The van der Waals surface area contributed by atoms with Crippen LogP contribution in [0.2, 0.25) is 0 Å². The quantitative estimate of drug-likeness (QED) is 0.294. The van der Waals surface area contributed by atoms with Crippen LogP contribution in [0.15, 0.2) is 24.3 Å². The molecule has 1 aromatic carbocycles. The highest BCUT2D eigenvalue weighted by molar-refractivity contribution is 5.81. The van der Waals surface area contributed by atoms with Gasteiger partial charge in [-0.05, 0) is 31.4 Å². The third-order valence-electron chi connectivity index (χ3n) is 7.96. The predicted octanol–water partition coefficient (Wildman–Crippen LogP) is 7.61. The molecule has 1 atom stereocenters. The van der Waals surface area contributed by atoms with Gasteiger partial charge < -0.3 is 9.47 Å². The van der Waals surface area contributed by atoms with Crippen molar-refractivity contribution in [1.29, 1.82) is 0 Å². The summed E-state index contributed by atoms with van der Waals surface area (Å²) in [5.41, 5.74) is 2.33. The molecule has 0 spiro atoms. The summed E-state index contributed by atoms with van der Waals surface area (Å²) in [6.07, 6.45) is 20.4. The second-order valence-corrected chi connectivity index (χ2v) is 10.5. The summed E-state index contributed by atoms with van der Waals surface area (Å²) in [7, 11) is 0. The van der Waals surface area contributed by atoms with Gasteiger partial charge in [0.25, 0.3) is 0 Å². The van der Waals surface area contributed by atoms with E-state index in [-0.39, 0.29) is 5.92 Å². The lowest BCUT2D eigenvalue weighted by Gasteiger charge is -2.31. The third kappa shape index (κ3) is 6.39. The number of rotatable bonds is 13. The first-order valence-electron chi connectivity index (χ1n) is 14.0. The summed E-state index contributed by atoms with van der Waals surface area (Å²) in [6, 6.07) is 9.01. The van der Waals surface area contributed by atoms with Crippen LogP contribution in [0.4, 0.5) is 0 Å². The molecule has 2 heterocycles. The molecule has 0 radical (unpaired) electrons. The Morgan fingerprint density at radius 1 is 0.879 bits per heavy atom. The van der Waals surface area contributed by atoms with Crippen molar-refractivity contribution in [3.63, 3.8) is 0 Å². The lowest BCUT2D eigenvalue weighted by atomic mass is 9.94. The molecule has 1 saturated heterocycles. The number of carbonyl (C=O) groups is 1. The molecule has 2 fully saturated rings. The summed E-state index contributed by atoms with van der Waals surface area (Å²) in [5, 5.41) is 0. The van der Waals surface area contributed by atoms with Gasteiger partial charge >= 0.3 is 0 Å². The fraction of sp³-hybridized carbons (Fsp3) is 0.724. The van der Waals surface area contributed by atoms with Crippen LogP contribution < -0.4 is 0 Å². The molecule has 1 saturated carbocycles. The molecule has 33 heavy (non-hydrogen) atoms. The van der Waals surface area contributed by atoms with E-state index in [1.807, 2.05) is 0 Å². The Morgan fingerprint density at radius 2 is 1.55 bits per heavy atom. The van der Waals surface area contributed by atoms with Crippen molar-refractivity contribution in [2.75, 3.05) is 6.54 Å². The normalized spacial score (nSPS) is 19.7. The number of fused-ring (bicyclic) bond motifs is 1. The number of benzene rings is 1. The number of likely N-dealkylation sites (tertiary alicyclic amines) is 1. The minimum absolute atomic E-state index is 0.245. The Labute approximate surface area is 201 Å². The Kier molecular flexibility index (Phi) is 9.26. The van der Waals surface area contributed by atoms with E-state index in [0.717, 1.165) is 24.4 Å². The van der Waals surface area contributed by atoms with E-state index in [1.165, 1.54) is 102 Å². The molecule has 182 valence electrons. The number of carbonyl (C=O) groups excluding carboxylic acids is 1. The standard InChI is InChI=1S/C29H45N3O/c1-2-3-4-5-6-7-8-9-10-16-21-31-27-20-15-14-19-26(27)30-29(31)24-22-28(33)32(23-24)25-17-12-11-13-18-25/h14-15,19-20,24-25H,2-13,16-18,21-23H2,1H3. The van der Waals surface area contributed by atoms with E-state index in [2.05, 4.69) is 40.7 Å². The first kappa shape index (κ1) is 24.3. The predicted molar refractivity (Wildman–Crippen MR) is 138 cm³/mol. The summed E-state index contributed by atoms with van der Waals surface area (Å²) in [5.74, 6) is 1.75. The van der Waals surface area contributed by atoms with E-state index in [9.17, 15) is 4.79 Å². The number of unbranched alkanes of at least 4 members (excludes halogenated alkanes) is 9. The van der Waals surface area contributed by atoms with Crippen molar-refractivity contribution in [2.45, 2.75) is 128 Å². The summed E-state index contributed by atoms with van der Waals surface area (Å²) in [6.45, 7) is 4.18. The van der Waals surface area contributed by atoms with Crippen molar-refractivity contribution in [3.8, 4) is 0 Å². The summed E-state index contributed by atoms with van der Waals surface area (Å²) >= 11 is 0. The van der Waals surface area contributed by atoms with Gasteiger partial charge in [0, 0.05) is 31.5 Å². The van der Waals surface area contributed by atoms with Crippen molar-refractivity contribution in [1.82, 2.24) is 14.5 Å². The highest BCUT2D eigenvalue weighted by atomic mass is 16.2. The maximum absolute atomic E-state index is 12.9. The molecular formula is C29H45N3O. The van der Waals surface area contributed by atoms with Crippen LogP contribution in [0.5, 0.6) is 0 Å². The minimum atomic E-state index is 0.245. The van der Waals surface area contributed by atoms with Gasteiger partial charge in [-0.1, -0.05) is 96.1 Å². The van der Waals surface area contributed by atoms with Crippen LogP contribution in [-0.2, 0) is 11.3 Å². The molecule has 4 rings (SSSR count). The molecule has 0 N–H and O–H groups in total. The Hall–Kier alpha value is -1.84. The smallest absolute Gasteiger partial charge is 0.223 e. The summed E-state index contributed by atoms with van der Waals surface area (Å²) < 4.78 is 2.45. The third-order valence-corrected chi connectivity index (χ3v) is 7.96. The van der Waals surface area contributed by atoms with Crippen molar-refractivity contribution in [2.24, 2.45) is 0 Å². The van der Waals surface area contributed by atoms with Gasteiger partial charge in [0.05, 0.1) is 11.0 Å². The van der Waals surface area contributed by atoms with Crippen molar-refractivity contribution >= 4 is 16.9 Å². The average molecular weight is 452 g/mol. The number of aromatic nitrogens is 2. The fourth-order valence-electron chi connectivity index (χ4n) is 6.05. The monoisotopic (exact) mass is 451 g/mol. The molecule has 1 amide bonds. The van der Waals surface area contributed by atoms with Gasteiger partial charge in [0.1, 0.15) is 5.82 Å². The lowest BCUT2D eigenvalue weighted by Crippen LogP contribution is -2.37. The van der Waals surface area contributed by atoms with Gasteiger partial charge in [-0.3, -0.25) is 4.79 Å². The van der Waals surface area contributed by atoms with E-state index in [1.54, 1.807) is 0 Å². The van der Waals surface area contributed by atoms with Gasteiger partial charge in [0.2, 0.25) is 5.91 Å². The van der Waals surface area contributed by atoms with Gasteiger partial charge in [-0.25, -0.2) is 4.98 Å². The first-order valence-corrected chi connectivity index (χ1v) is 14.0. The highest BCUT2D eigenvalue weighted by Gasteiger charge is 2.37. The topological polar surface area (TPSA) is 38.1 Å². The molecule has 1 aliphatic heterocycles. The Balaban J connectivity index is 1.32. The largest absolute Gasteiger partial charge is 0.339 e. The molecular weight excluding hydrogens is 406 g/mol. The first-order chi connectivity index (χ1) is 16.3. The molecule has 0 bridgehead atoms. The minimum Gasteiger partial charge on any atom is -0.339 e. The van der Waals surface area contributed by atoms with Crippen LogP contribution in [0.3, 0.4) is 0 Å². The lowest BCUT2D eigenvalue weighted by molar-refractivity contribution is -0.130. The van der Waals surface area contributed by atoms with Crippen LogP contribution >= 0.6 is 0 Å². The second kappa shape index (κ2) is 12.6. The fourth-order valence-corrected chi connectivity index (χ4v) is 6.05. The number of amides is 1. The molecule has 4 nitrogen and oxygen atoms in total. The van der Waals surface area contributed by atoms with Crippen LogP contribution in [-0.4, -0.2) is 32.9 Å². The maximum atomic E-state index is 12.9. The zero-order valence-electron chi connectivity index (χ0n) is 20.9. The summed E-state index contributed by atoms with van der Waals surface area (Å²) in [4.78, 5) is 20.2. The molecule has 2 aliphatic rings. The average Bonchev–Trinajstić information content (AvgIpc) is 3.41. The Bertz CT molecular complexity index is 867. The van der Waals surface area contributed by atoms with Gasteiger partial charge in [0.15, 0.2) is 0 Å². The number of hydrogen-bond donors (Lipinski definition) is 0. The number of hydrogen-bond acceptors (Lipinski definition) is 2. The van der Waals surface area contributed by atoms with Gasteiger partial charge in [-0.2, -0.15) is 0 Å². The van der Waals surface area contributed by atoms with Gasteiger partial charge in [-0.15, -0.1) is 0 Å². The molecule has 1 unspecified atom stereocenters. The number of para-hydroxylation sites is 2. The van der Waals surface area contributed by atoms with E-state index in [0.29, 0.717) is 18.4 Å². The SMILES string of the molecule is CCCCCCCCCCCCn1c(C2CC(=O)N(C3CCCCC3)C2)nc2ccccc21. The van der Waals surface area contributed by atoms with E-state index in [4.69, 9.17) is 4.98 Å². The highest BCUT2D eigenvalue weighted by Crippen LogP contribution is 2.34. The molecule has 1 aliphatic carbocycles. The molecule has 1 aromatic heterocycles. The number of aryl methyl sites for hydroxylation is 1.